The van der Waals surface area contributed by atoms with Crippen molar-refractivity contribution in [2.45, 2.75) is 36.3 Å². The van der Waals surface area contributed by atoms with Crippen molar-refractivity contribution in [1.29, 1.82) is 0 Å². The molecule has 4 nitrogen and oxygen atoms in total. The molecule has 1 N–H and O–H groups in total. The molecule has 3 rings (SSSR count). The summed E-state index contributed by atoms with van der Waals surface area (Å²) in [4.78, 5) is 4.24. The Labute approximate surface area is 129 Å². The van der Waals surface area contributed by atoms with E-state index < -0.39 is 0 Å². The number of hydrogen-bond donors (Lipinski definition) is 1. The standard InChI is InChI=1S/C16H20N2O2S/c1-3-17-15-13-6-5-12(19-2)10-11(13)4-7-14(15)21-16-18-8-9-20-16/h5-6,8-10,14-15,17H,3-4,7H2,1-2H3. The van der Waals surface area contributed by atoms with Crippen LogP contribution in [0, 0.1) is 0 Å². The van der Waals surface area contributed by atoms with Gasteiger partial charge in [0.1, 0.15) is 12.0 Å². The zero-order chi connectivity index (χ0) is 14.7. The van der Waals surface area contributed by atoms with Crippen molar-refractivity contribution in [1.82, 2.24) is 10.3 Å². The van der Waals surface area contributed by atoms with Crippen LogP contribution in [0.3, 0.4) is 0 Å². The van der Waals surface area contributed by atoms with Gasteiger partial charge in [-0.3, -0.25) is 0 Å². The lowest BCUT2D eigenvalue weighted by Crippen LogP contribution is -2.34. The number of aromatic nitrogens is 1. The molecule has 5 heteroatoms. The predicted octanol–water partition coefficient (Wildman–Crippen LogP) is 3.44. The average molecular weight is 304 g/mol. The Morgan fingerprint density at radius 1 is 1.48 bits per heavy atom. The highest BCUT2D eigenvalue weighted by Gasteiger charge is 2.31. The number of thioether (sulfide) groups is 1. The highest BCUT2D eigenvalue weighted by molar-refractivity contribution is 7.99. The summed E-state index contributed by atoms with van der Waals surface area (Å²) in [6.07, 6.45) is 5.50. The Balaban J connectivity index is 1.86. The largest absolute Gasteiger partial charge is 0.497 e. The maximum Gasteiger partial charge on any atom is 0.255 e. The second-order valence-electron chi connectivity index (χ2n) is 5.09. The third-order valence-corrected chi connectivity index (χ3v) is 5.05. The minimum Gasteiger partial charge on any atom is -0.497 e. The van der Waals surface area contributed by atoms with Crippen LogP contribution in [-0.2, 0) is 6.42 Å². The van der Waals surface area contributed by atoms with E-state index in [0.29, 0.717) is 11.3 Å². The van der Waals surface area contributed by atoms with Gasteiger partial charge in [0.05, 0.1) is 13.3 Å². The smallest absolute Gasteiger partial charge is 0.255 e. The minimum atomic E-state index is 0.321. The summed E-state index contributed by atoms with van der Waals surface area (Å²) in [6, 6.07) is 6.71. The zero-order valence-electron chi connectivity index (χ0n) is 12.3. The van der Waals surface area contributed by atoms with Crippen LogP contribution in [0.5, 0.6) is 5.75 Å². The summed E-state index contributed by atoms with van der Waals surface area (Å²) >= 11 is 1.72. The van der Waals surface area contributed by atoms with Crippen molar-refractivity contribution < 1.29 is 9.15 Å². The van der Waals surface area contributed by atoms with Gasteiger partial charge in [0.25, 0.3) is 5.22 Å². The average Bonchev–Trinajstić information content (AvgIpc) is 3.02. The minimum absolute atomic E-state index is 0.321. The summed E-state index contributed by atoms with van der Waals surface area (Å²) in [5.41, 5.74) is 2.75. The van der Waals surface area contributed by atoms with Crippen molar-refractivity contribution in [2.75, 3.05) is 13.7 Å². The molecule has 0 aliphatic heterocycles. The summed E-state index contributed by atoms with van der Waals surface area (Å²) in [5.74, 6) is 0.933. The normalized spacial score (nSPS) is 21.0. The van der Waals surface area contributed by atoms with Gasteiger partial charge >= 0.3 is 0 Å². The molecule has 0 fully saturated rings. The highest BCUT2D eigenvalue weighted by atomic mass is 32.2. The number of methoxy groups -OCH3 is 1. The fourth-order valence-corrected chi connectivity index (χ4v) is 3.99. The van der Waals surface area contributed by atoms with Gasteiger partial charge < -0.3 is 14.5 Å². The number of benzene rings is 1. The molecule has 1 heterocycles. The number of nitrogens with one attached hydrogen (secondary N) is 1. The topological polar surface area (TPSA) is 47.3 Å². The Bertz CT molecular complexity index is 586. The molecule has 0 saturated heterocycles. The highest BCUT2D eigenvalue weighted by Crippen LogP contribution is 2.40. The second kappa shape index (κ2) is 6.54. The summed E-state index contributed by atoms with van der Waals surface area (Å²) in [5, 5.41) is 4.79. The molecule has 1 aromatic heterocycles. The summed E-state index contributed by atoms with van der Waals surface area (Å²) in [7, 11) is 1.72. The van der Waals surface area contributed by atoms with Crippen LogP contribution >= 0.6 is 11.8 Å². The van der Waals surface area contributed by atoms with E-state index >= 15 is 0 Å². The van der Waals surface area contributed by atoms with Crippen LogP contribution in [0.2, 0.25) is 0 Å². The first kappa shape index (κ1) is 14.5. The van der Waals surface area contributed by atoms with Crippen LogP contribution < -0.4 is 10.1 Å². The van der Waals surface area contributed by atoms with E-state index in [9.17, 15) is 0 Å². The molecule has 0 spiro atoms. The van der Waals surface area contributed by atoms with E-state index in [0.717, 1.165) is 30.4 Å². The van der Waals surface area contributed by atoms with Crippen LogP contribution in [0.1, 0.15) is 30.5 Å². The van der Waals surface area contributed by atoms with E-state index in [4.69, 9.17) is 9.15 Å². The molecule has 0 saturated carbocycles. The second-order valence-corrected chi connectivity index (χ2v) is 6.28. The molecule has 1 aliphatic rings. The van der Waals surface area contributed by atoms with E-state index in [1.165, 1.54) is 11.1 Å². The third kappa shape index (κ3) is 3.09. The first-order valence-corrected chi connectivity index (χ1v) is 8.16. The first-order chi connectivity index (χ1) is 10.3. The van der Waals surface area contributed by atoms with E-state index in [1.807, 2.05) is 6.07 Å². The third-order valence-electron chi connectivity index (χ3n) is 3.84. The number of ether oxygens (including phenoxy) is 1. The number of hydrogen-bond acceptors (Lipinski definition) is 5. The molecule has 1 aromatic carbocycles. The monoisotopic (exact) mass is 304 g/mol. The van der Waals surface area contributed by atoms with Gasteiger partial charge in [-0.15, -0.1) is 0 Å². The number of aryl methyl sites for hydroxylation is 1. The molecule has 2 aromatic rings. The van der Waals surface area contributed by atoms with Gasteiger partial charge in [0.15, 0.2) is 0 Å². The van der Waals surface area contributed by atoms with Crippen molar-refractivity contribution in [3.05, 3.63) is 41.8 Å². The number of fused-ring (bicyclic) bond motifs is 1. The fourth-order valence-electron chi connectivity index (χ4n) is 2.88. The number of rotatable bonds is 5. The van der Waals surface area contributed by atoms with Crippen molar-refractivity contribution >= 4 is 11.8 Å². The molecule has 112 valence electrons. The van der Waals surface area contributed by atoms with Crippen LogP contribution in [0.4, 0.5) is 0 Å². The molecule has 0 bridgehead atoms. The molecular formula is C16H20N2O2S. The van der Waals surface area contributed by atoms with Crippen LogP contribution in [-0.4, -0.2) is 23.9 Å². The van der Waals surface area contributed by atoms with Gasteiger partial charge in [-0.05, 0) is 42.6 Å². The predicted molar refractivity (Wildman–Crippen MR) is 83.9 cm³/mol. The molecule has 21 heavy (non-hydrogen) atoms. The lowest BCUT2D eigenvalue weighted by Gasteiger charge is -2.33. The Hall–Kier alpha value is -1.46. The van der Waals surface area contributed by atoms with E-state index in [1.54, 1.807) is 31.3 Å². The van der Waals surface area contributed by atoms with Gasteiger partial charge in [0.2, 0.25) is 0 Å². The van der Waals surface area contributed by atoms with Crippen molar-refractivity contribution in [3.8, 4) is 5.75 Å². The van der Waals surface area contributed by atoms with Gasteiger partial charge in [-0.1, -0.05) is 24.8 Å². The molecular weight excluding hydrogens is 284 g/mol. The molecule has 0 radical (unpaired) electrons. The molecule has 1 aliphatic carbocycles. The van der Waals surface area contributed by atoms with Gasteiger partial charge in [-0.2, -0.15) is 0 Å². The quantitative estimate of drug-likeness (QED) is 0.917. The zero-order valence-corrected chi connectivity index (χ0v) is 13.2. The summed E-state index contributed by atoms with van der Waals surface area (Å²) in [6.45, 7) is 3.09. The van der Waals surface area contributed by atoms with Crippen LogP contribution in [0.25, 0.3) is 0 Å². The molecule has 2 atom stereocenters. The van der Waals surface area contributed by atoms with Crippen molar-refractivity contribution in [2.24, 2.45) is 0 Å². The summed E-state index contributed by atoms with van der Waals surface area (Å²) < 4.78 is 10.7. The van der Waals surface area contributed by atoms with Gasteiger partial charge in [0, 0.05) is 11.3 Å². The Kier molecular flexibility index (Phi) is 4.51. The number of oxazole rings is 1. The molecule has 2 unspecified atom stereocenters. The lowest BCUT2D eigenvalue weighted by molar-refractivity contribution is 0.411. The van der Waals surface area contributed by atoms with Crippen LogP contribution in [0.15, 0.2) is 40.3 Å². The fraction of sp³-hybridized carbons (Fsp3) is 0.438. The maximum atomic E-state index is 5.39. The van der Waals surface area contributed by atoms with E-state index in [2.05, 4.69) is 29.4 Å². The Morgan fingerprint density at radius 3 is 3.10 bits per heavy atom. The maximum absolute atomic E-state index is 5.39. The van der Waals surface area contributed by atoms with Crippen molar-refractivity contribution in [3.63, 3.8) is 0 Å². The molecule has 0 amide bonds. The Morgan fingerprint density at radius 2 is 2.38 bits per heavy atom. The van der Waals surface area contributed by atoms with E-state index in [-0.39, 0.29) is 0 Å². The SMILES string of the molecule is CCNC1c2ccc(OC)cc2CCC1Sc1ncco1. The first-order valence-electron chi connectivity index (χ1n) is 7.28. The lowest BCUT2D eigenvalue weighted by atomic mass is 9.87. The number of nitrogens with zero attached hydrogens (tertiary/aromatic N) is 1. The van der Waals surface area contributed by atoms with Gasteiger partial charge in [-0.25, -0.2) is 4.98 Å².